The van der Waals surface area contributed by atoms with E-state index in [1.165, 1.54) is 6.26 Å². The predicted molar refractivity (Wildman–Crippen MR) is 90.8 cm³/mol. The molecule has 0 spiro atoms. The van der Waals surface area contributed by atoms with E-state index in [9.17, 15) is 10.1 Å². The zero-order valence-corrected chi connectivity index (χ0v) is 16.1. The van der Waals surface area contributed by atoms with Crippen molar-refractivity contribution in [1.82, 2.24) is 4.90 Å². The van der Waals surface area contributed by atoms with E-state index in [1.54, 1.807) is 11.0 Å². The minimum Gasteiger partial charge on any atom is -0.550 e. The number of hydrogen-bond donors (Lipinski definition) is 0. The Hall–Kier alpha value is -1.48. The fourth-order valence-electron chi connectivity index (χ4n) is 1.94. The van der Waals surface area contributed by atoms with Crippen molar-refractivity contribution in [3.63, 3.8) is 0 Å². The third kappa shape index (κ3) is 6.52. The van der Waals surface area contributed by atoms with Crippen LogP contribution in [0.15, 0.2) is 12.3 Å². The van der Waals surface area contributed by atoms with Gasteiger partial charge in [-0.15, -0.1) is 0 Å². The summed E-state index contributed by atoms with van der Waals surface area (Å²) in [4.78, 5) is 14.0. The first-order valence-electron chi connectivity index (χ1n) is 7.76. The molecule has 1 unspecified atom stereocenters. The summed E-state index contributed by atoms with van der Waals surface area (Å²) in [5.41, 5.74) is -1.29. The van der Waals surface area contributed by atoms with Crippen LogP contribution in [0.1, 0.15) is 41.0 Å². The van der Waals surface area contributed by atoms with Crippen LogP contribution < -0.4 is 0 Å². The van der Waals surface area contributed by atoms with Gasteiger partial charge in [-0.25, -0.2) is 4.79 Å². The molecule has 0 heterocycles. The SMILES string of the molecule is CCC(C#N)(/C=C/O[Si](C)(C)C)OC(=O)N(C(C)C)C(C)C. The zero-order chi connectivity index (χ0) is 17.6. The molecule has 0 aromatic carbocycles. The first-order chi connectivity index (χ1) is 9.98. The molecule has 0 saturated heterocycles. The summed E-state index contributed by atoms with van der Waals surface area (Å²) in [7, 11) is -1.73. The molecule has 0 aliphatic heterocycles. The molecule has 0 aliphatic carbocycles. The van der Waals surface area contributed by atoms with E-state index in [2.05, 4.69) is 6.07 Å². The smallest absolute Gasteiger partial charge is 0.412 e. The molecular weight excluding hydrogens is 296 g/mol. The molecule has 0 aromatic rings. The largest absolute Gasteiger partial charge is 0.550 e. The van der Waals surface area contributed by atoms with Gasteiger partial charge >= 0.3 is 6.09 Å². The van der Waals surface area contributed by atoms with Crippen molar-refractivity contribution < 1.29 is 14.0 Å². The Morgan fingerprint density at radius 3 is 2.09 bits per heavy atom. The van der Waals surface area contributed by atoms with Crippen LogP contribution in [0.5, 0.6) is 0 Å². The van der Waals surface area contributed by atoms with Crippen LogP contribution in [-0.2, 0) is 9.16 Å². The Balaban J connectivity index is 5.19. The summed E-state index contributed by atoms with van der Waals surface area (Å²) in [6.07, 6.45) is 2.93. The third-order valence-electron chi connectivity index (χ3n) is 3.07. The molecule has 0 fully saturated rings. The molecule has 5 nitrogen and oxygen atoms in total. The molecule has 0 saturated carbocycles. The van der Waals surface area contributed by atoms with Crippen molar-refractivity contribution in [2.24, 2.45) is 0 Å². The highest BCUT2D eigenvalue weighted by atomic mass is 28.4. The molecule has 1 atom stereocenters. The van der Waals surface area contributed by atoms with Crippen LogP contribution in [0.4, 0.5) is 4.79 Å². The minimum absolute atomic E-state index is 0.00274. The first kappa shape index (κ1) is 20.5. The van der Waals surface area contributed by atoms with Crippen LogP contribution in [0.2, 0.25) is 19.6 Å². The summed E-state index contributed by atoms with van der Waals surface area (Å²) < 4.78 is 11.1. The van der Waals surface area contributed by atoms with Gasteiger partial charge in [0, 0.05) is 24.6 Å². The van der Waals surface area contributed by atoms with Gasteiger partial charge in [0.05, 0.1) is 6.26 Å². The van der Waals surface area contributed by atoms with E-state index in [4.69, 9.17) is 9.16 Å². The van der Waals surface area contributed by atoms with E-state index in [0.29, 0.717) is 6.42 Å². The molecule has 126 valence electrons. The Morgan fingerprint density at radius 2 is 1.77 bits per heavy atom. The lowest BCUT2D eigenvalue weighted by atomic mass is 10.0. The molecule has 6 heteroatoms. The van der Waals surface area contributed by atoms with Crippen LogP contribution in [-0.4, -0.2) is 37.0 Å². The molecule has 22 heavy (non-hydrogen) atoms. The van der Waals surface area contributed by atoms with E-state index in [1.807, 2.05) is 54.3 Å². The maximum absolute atomic E-state index is 12.4. The van der Waals surface area contributed by atoms with Gasteiger partial charge in [0.1, 0.15) is 6.07 Å². The summed E-state index contributed by atoms with van der Waals surface area (Å²) in [5, 5.41) is 9.47. The van der Waals surface area contributed by atoms with Crippen LogP contribution >= 0.6 is 0 Å². The van der Waals surface area contributed by atoms with Gasteiger partial charge < -0.3 is 14.1 Å². The molecule has 0 N–H and O–H groups in total. The standard InChI is InChI=1S/C16H30N2O3Si/c1-9-16(12-17,10-11-20-22(6,7)8)21-15(19)18(13(2)3)14(4)5/h10-11,13-14H,9H2,1-8H3/b11-10+. The lowest BCUT2D eigenvalue weighted by Gasteiger charge is -2.33. The third-order valence-corrected chi connectivity index (χ3v) is 3.91. The lowest BCUT2D eigenvalue weighted by molar-refractivity contribution is 0.0321. The number of nitriles is 1. The van der Waals surface area contributed by atoms with Gasteiger partial charge in [-0.05, 0) is 47.3 Å². The van der Waals surface area contributed by atoms with Crippen molar-refractivity contribution in [2.45, 2.75) is 78.4 Å². The van der Waals surface area contributed by atoms with Gasteiger partial charge in [0.25, 0.3) is 0 Å². The summed E-state index contributed by atoms with van der Waals surface area (Å²) in [5.74, 6) is 0. The number of carbonyl (C=O) groups is 1. The first-order valence-corrected chi connectivity index (χ1v) is 11.2. The molecule has 0 aromatic heterocycles. The molecule has 1 amide bonds. The van der Waals surface area contributed by atoms with Gasteiger partial charge in [-0.3, -0.25) is 0 Å². The number of carbonyl (C=O) groups excluding carboxylic acids is 1. The number of ether oxygens (including phenoxy) is 1. The van der Waals surface area contributed by atoms with Crippen LogP contribution in [0, 0.1) is 11.3 Å². The summed E-state index contributed by atoms with van der Waals surface area (Å²) in [6.45, 7) is 15.6. The number of amides is 1. The monoisotopic (exact) mass is 326 g/mol. The molecule has 0 rings (SSSR count). The average Bonchev–Trinajstić information content (AvgIpc) is 2.35. The summed E-state index contributed by atoms with van der Waals surface area (Å²) in [6, 6.07) is 2.10. The highest BCUT2D eigenvalue weighted by Gasteiger charge is 2.34. The fourth-order valence-corrected chi connectivity index (χ4v) is 2.41. The Morgan fingerprint density at radius 1 is 1.27 bits per heavy atom. The lowest BCUT2D eigenvalue weighted by Crippen LogP contribution is -2.46. The highest BCUT2D eigenvalue weighted by molar-refractivity contribution is 6.69. The second kappa shape index (κ2) is 8.23. The van der Waals surface area contributed by atoms with Crippen molar-refractivity contribution in [1.29, 1.82) is 5.26 Å². The van der Waals surface area contributed by atoms with Crippen LogP contribution in [0.3, 0.4) is 0 Å². The quantitative estimate of drug-likeness (QED) is 0.517. The Bertz CT molecular complexity index is 428. The van der Waals surface area contributed by atoms with Gasteiger partial charge in [0.2, 0.25) is 13.9 Å². The maximum atomic E-state index is 12.4. The van der Waals surface area contributed by atoms with Crippen molar-refractivity contribution in [3.05, 3.63) is 12.3 Å². The van der Waals surface area contributed by atoms with Gasteiger partial charge in [-0.2, -0.15) is 5.26 Å². The normalized spacial score (nSPS) is 14.8. The molecule has 0 bridgehead atoms. The van der Waals surface area contributed by atoms with E-state index in [-0.39, 0.29) is 12.1 Å². The van der Waals surface area contributed by atoms with Crippen molar-refractivity contribution >= 4 is 14.4 Å². The Labute approximate surface area is 136 Å². The average molecular weight is 327 g/mol. The molecule has 0 radical (unpaired) electrons. The topological polar surface area (TPSA) is 62.6 Å². The number of hydrogen-bond acceptors (Lipinski definition) is 4. The van der Waals surface area contributed by atoms with Gasteiger partial charge in [0.15, 0.2) is 0 Å². The maximum Gasteiger partial charge on any atom is 0.412 e. The molecular formula is C16H30N2O3Si. The zero-order valence-electron chi connectivity index (χ0n) is 15.1. The van der Waals surface area contributed by atoms with E-state index < -0.39 is 20.0 Å². The van der Waals surface area contributed by atoms with Crippen LogP contribution in [0.25, 0.3) is 0 Å². The van der Waals surface area contributed by atoms with E-state index >= 15 is 0 Å². The van der Waals surface area contributed by atoms with E-state index in [0.717, 1.165) is 0 Å². The number of rotatable bonds is 7. The Kier molecular flexibility index (Phi) is 7.67. The predicted octanol–water partition coefficient (Wildman–Crippen LogP) is 4.28. The highest BCUT2D eigenvalue weighted by Crippen LogP contribution is 2.21. The second-order valence-electron chi connectivity index (χ2n) is 6.85. The van der Waals surface area contributed by atoms with Crippen molar-refractivity contribution in [2.75, 3.05) is 0 Å². The minimum atomic E-state index is -1.73. The fraction of sp³-hybridized carbons (Fsp3) is 0.750. The summed E-state index contributed by atoms with van der Waals surface area (Å²) >= 11 is 0. The number of nitrogens with zero attached hydrogens (tertiary/aromatic N) is 2. The second-order valence-corrected chi connectivity index (χ2v) is 11.3. The molecule has 0 aliphatic rings. The van der Waals surface area contributed by atoms with Gasteiger partial charge in [-0.1, -0.05) is 6.92 Å². The van der Waals surface area contributed by atoms with Crippen molar-refractivity contribution in [3.8, 4) is 6.07 Å².